The molecule has 2 heteroatoms. The molecule has 6 aromatic rings. The Morgan fingerprint density at radius 1 is 0.236 bits per heavy atom. The van der Waals surface area contributed by atoms with Gasteiger partial charge in [-0.05, 0) is 0 Å². The summed E-state index contributed by atoms with van der Waals surface area (Å²) >= 11 is -7.51. The van der Waals surface area contributed by atoms with Crippen molar-refractivity contribution in [1.29, 1.82) is 0 Å². The molecule has 0 aliphatic rings. The number of benzene rings is 6. The Kier molecular flexibility index (Phi) is 15.1. The molecular weight excluding hydrogens is 874 g/mol. The van der Waals surface area contributed by atoms with Gasteiger partial charge in [-0.3, -0.25) is 0 Å². The van der Waals surface area contributed by atoms with Crippen LogP contribution in [-0.4, -0.2) is 36.8 Å². The van der Waals surface area contributed by atoms with Gasteiger partial charge in [0, 0.05) is 0 Å². The Balaban J connectivity index is 1.32. The SMILES string of the molecule is C(#[C][Sn]([C]#Cc1ccccc1)([C]#Cc1ccccc1)[CH2]CCC[CH2][Sn]([C]#Cc1ccccc1)([C]#Cc1ccccc1)[C]#Cc1ccccc1)c1ccccc1. The molecule has 0 amide bonds. The predicted octanol–water partition coefficient (Wildman–Crippen LogP) is 10.6. The minimum atomic E-state index is -3.76. The van der Waals surface area contributed by atoms with Gasteiger partial charge in [0.1, 0.15) is 0 Å². The molecule has 0 atom stereocenters. The fourth-order valence-corrected chi connectivity index (χ4v) is 19.5. The van der Waals surface area contributed by atoms with E-state index < -0.39 is 36.8 Å². The van der Waals surface area contributed by atoms with E-state index in [1.54, 1.807) is 0 Å². The van der Waals surface area contributed by atoms with E-state index in [9.17, 15) is 0 Å². The Hall–Kier alpha value is -5.72. The van der Waals surface area contributed by atoms with Crippen LogP contribution in [0.4, 0.5) is 0 Å². The van der Waals surface area contributed by atoms with E-state index in [4.69, 9.17) is 0 Å². The van der Waals surface area contributed by atoms with Crippen LogP contribution in [0.25, 0.3) is 0 Å². The Morgan fingerprint density at radius 3 is 0.600 bits per heavy atom. The average molecular weight is 914 g/mol. The van der Waals surface area contributed by atoms with Gasteiger partial charge in [-0.2, -0.15) is 0 Å². The minimum absolute atomic E-state index is 0.914. The molecule has 0 aromatic heterocycles. The van der Waals surface area contributed by atoms with Crippen LogP contribution in [0, 0.1) is 59.1 Å². The first-order chi connectivity index (χ1) is 27.2. The van der Waals surface area contributed by atoms with Crippen molar-refractivity contribution in [3.8, 4) is 59.1 Å². The second-order valence-electron chi connectivity index (χ2n) is 13.1. The number of unbranched alkanes of at least 4 members (excludes halogenated alkanes) is 2. The first kappa shape index (κ1) is 39.0. The van der Waals surface area contributed by atoms with Gasteiger partial charge in [-0.25, -0.2) is 0 Å². The monoisotopic (exact) mass is 916 g/mol. The molecular formula is C53H40Sn2. The second-order valence-corrected chi connectivity index (χ2v) is 30.5. The van der Waals surface area contributed by atoms with Crippen molar-refractivity contribution in [3.05, 3.63) is 215 Å². The van der Waals surface area contributed by atoms with Gasteiger partial charge in [0.15, 0.2) is 0 Å². The van der Waals surface area contributed by atoms with Crippen LogP contribution in [0.5, 0.6) is 0 Å². The Morgan fingerprint density at radius 2 is 0.418 bits per heavy atom. The van der Waals surface area contributed by atoms with Crippen LogP contribution in [0.1, 0.15) is 52.6 Å². The molecule has 0 aliphatic carbocycles. The van der Waals surface area contributed by atoms with Crippen molar-refractivity contribution in [1.82, 2.24) is 0 Å². The van der Waals surface area contributed by atoms with E-state index in [1.165, 1.54) is 0 Å². The van der Waals surface area contributed by atoms with Crippen LogP contribution in [0.3, 0.4) is 0 Å². The van der Waals surface area contributed by atoms with Crippen molar-refractivity contribution in [2.24, 2.45) is 0 Å². The van der Waals surface area contributed by atoms with Gasteiger partial charge in [0.25, 0.3) is 0 Å². The van der Waals surface area contributed by atoms with Crippen LogP contribution in [-0.2, 0) is 0 Å². The molecule has 0 N–H and O–H groups in total. The van der Waals surface area contributed by atoms with E-state index in [1.807, 2.05) is 109 Å². The van der Waals surface area contributed by atoms with Crippen LogP contribution >= 0.6 is 0 Å². The molecule has 0 aliphatic heterocycles. The zero-order valence-corrected chi connectivity index (χ0v) is 36.6. The molecule has 0 nitrogen and oxygen atoms in total. The zero-order valence-electron chi connectivity index (χ0n) is 30.9. The van der Waals surface area contributed by atoms with Crippen LogP contribution in [0.15, 0.2) is 182 Å². The first-order valence-corrected chi connectivity index (χ1v) is 31.3. The van der Waals surface area contributed by atoms with E-state index in [0.29, 0.717) is 0 Å². The Bertz CT molecular complexity index is 2050. The fraction of sp³-hybridized carbons (Fsp3) is 0.0943. The van der Waals surface area contributed by atoms with Gasteiger partial charge >= 0.3 is 339 Å². The summed E-state index contributed by atoms with van der Waals surface area (Å²) in [6.07, 6.45) is 2.98. The topological polar surface area (TPSA) is 0 Å². The number of hydrogen-bond donors (Lipinski definition) is 0. The molecule has 0 bridgehead atoms. The van der Waals surface area contributed by atoms with E-state index in [0.717, 1.165) is 61.5 Å². The fourth-order valence-electron chi connectivity index (χ4n) is 5.72. The normalized spacial score (nSPS) is 10.0. The summed E-state index contributed by atoms with van der Waals surface area (Å²) in [7, 11) is 0. The third kappa shape index (κ3) is 13.3. The number of hydrogen-bond acceptors (Lipinski definition) is 0. The summed E-state index contributed by atoms with van der Waals surface area (Å²) in [5, 5.41) is 0. The van der Waals surface area contributed by atoms with Crippen molar-refractivity contribution in [3.63, 3.8) is 0 Å². The van der Waals surface area contributed by atoms with Gasteiger partial charge in [0.2, 0.25) is 0 Å². The van der Waals surface area contributed by atoms with E-state index in [2.05, 4.69) is 132 Å². The van der Waals surface area contributed by atoms with Crippen molar-refractivity contribution < 1.29 is 0 Å². The molecule has 0 saturated carbocycles. The molecule has 0 spiro atoms. The average Bonchev–Trinajstić information content (AvgIpc) is 3.26. The van der Waals surface area contributed by atoms with Crippen molar-refractivity contribution in [2.45, 2.75) is 28.1 Å². The zero-order chi connectivity index (χ0) is 37.7. The third-order valence-corrected chi connectivity index (χ3v) is 24.5. The first-order valence-electron chi connectivity index (χ1n) is 18.7. The molecule has 0 heterocycles. The Labute approximate surface area is 336 Å². The molecule has 0 radical (unpaired) electrons. The molecule has 6 rings (SSSR count). The summed E-state index contributed by atoms with van der Waals surface area (Å²) in [4.78, 5) is 0. The second kappa shape index (κ2) is 21.2. The number of rotatable bonds is 6. The molecule has 6 aromatic carbocycles. The van der Waals surface area contributed by atoms with Gasteiger partial charge in [-0.15, -0.1) is 0 Å². The molecule has 260 valence electrons. The molecule has 55 heavy (non-hydrogen) atoms. The summed E-state index contributed by atoms with van der Waals surface area (Å²) < 4.78 is 24.5. The van der Waals surface area contributed by atoms with Gasteiger partial charge in [0.05, 0.1) is 0 Å². The van der Waals surface area contributed by atoms with E-state index >= 15 is 0 Å². The van der Waals surface area contributed by atoms with Crippen molar-refractivity contribution in [2.75, 3.05) is 0 Å². The van der Waals surface area contributed by atoms with Crippen LogP contribution in [0.2, 0.25) is 8.87 Å². The quantitative estimate of drug-likeness (QED) is 0.0887. The van der Waals surface area contributed by atoms with Gasteiger partial charge < -0.3 is 0 Å². The maximum atomic E-state index is 3.77. The molecule has 0 fully saturated rings. The summed E-state index contributed by atoms with van der Waals surface area (Å²) in [6.45, 7) is 0. The van der Waals surface area contributed by atoms with Crippen LogP contribution < -0.4 is 0 Å². The van der Waals surface area contributed by atoms with Gasteiger partial charge in [-0.1, -0.05) is 0 Å². The molecule has 0 unspecified atom stereocenters. The summed E-state index contributed by atoms with van der Waals surface area (Å²) in [6, 6.07) is 61.3. The summed E-state index contributed by atoms with van der Waals surface area (Å²) in [5.41, 5.74) is 5.98. The van der Waals surface area contributed by atoms with Crippen molar-refractivity contribution >= 4 is 36.8 Å². The summed E-state index contributed by atoms with van der Waals surface area (Å²) in [5.74, 6) is 21.1. The van der Waals surface area contributed by atoms with E-state index in [-0.39, 0.29) is 0 Å². The molecule has 0 saturated heterocycles. The maximum absolute atomic E-state index is 3.77. The third-order valence-electron chi connectivity index (χ3n) is 8.77. The predicted molar refractivity (Wildman–Crippen MR) is 235 cm³/mol. The standard InChI is InChI=1S/6C8H5.C5H10.2Sn/c6*1-2-8-6-4-3-5-7-8;1-3-5-4-2;;/h6*3-7H;1-5H2;;.